The quantitative estimate of drug-likeness (QED) is 0.731. The summed E-state index contributed by atoms with van der Waals surface area (Å²) in [7, 11) is 0. The molecule has 2 aliphatic carbocycles. The summed E-state index contributed by atoms with van der Waals surface area (Å²) in [6.07, 6.45) is 6.67. The summed E-state index contributed by atoms with van der Waals surface area (Å²) < 4.78 is 0. The lowest BCUT2D eigenvalue weighted by atomic mass is 9.82. The highest BCUT2D eigenvalue weighted by Crippen LogP contribution is 2.56. The van der Waals surface area contributed by atoms with Crippen molar-refractivity contribution in [1.29, 1.82) is 0 Å². The molecule has 2 aromatic carbocycles. The number of fused-ring (bicyclic) bond motifs is 3. The van der Waals surface area contributed by atoms with Crippen molar-refractivity contribution in [2.24, 2.45) is 11.8 Å². The second kappa shape index (κ2) is 4.56. The van der Waals surface area contributed by atoms with Crippen LogP contribution in [0.25, 0.3) is 10.8 Å². The molecular formula is C18H20S. The van der Waals surface area contributed by atoms with Crippen LogP contribution in [0.2, 0.25) is 0 Å². The van der Waals surface area contributed by atoms with Gasteiger partial charge in [0.1, 0.15) is 0 Å². The highest BCUT2D eigenvalue weighted by atomic mass is 32.2. The molecule has 0 unspecified atom stereocenters. The van der Waals surface area contributed by atoms with Crippen LogP contribution in [-0.4, -0.2) is 11.5 Å². The average Bonchev–Trinajstić information content (AvgIpc) is 3.06. The van der Waals surface area contributed by atoms with Gasteiger partial charge in [0.05, 0.1) is 0 Å². The highest BCUT2D eigenvalue weighted by molar-refractivity contribution is 7.99. The lowest BCUT2D eigenvalue weighted by molar-refractivity contribution is 0.431. The molecule has 0 aromatic heterocycles. The first-order valence-electron chi connectivity index (χ1n) is 7.36. The summed E-state index contributed by atoms with van der Waals surface area (Å²) in [4.78, 5) is 0. The van der Waals surface area contributed by atoms with Crippen molar-refractivity contribution < 1.29 is 0 Å². The second-order valence-electron chi connectivity index (χ2n) is 6.22. The summed E-state index contributed by atoms with van der Waals surface area (Å²) in [6, 6.07) is 15.9. The molecule has 0 radical (unpaired) electrons. The smallest absolute Gasteiger partial charge is 0.00811 e. The minimum atomic E-state index is 0.820. The molecule has 2 bridgehead atoms. The van der Waals surface area contributed by atoms with E-state index < -0.39 is 0 Å². The van der Waals surface area contributed by atoms with Crippen LogP contribution in [0.4, 0.5) is 0 Å². The van der Waals surface area contributed by atoms with Gasteiger partial charge in [-0.3, -0.25) is 0 Å². The third kappa shape index (κ3) is 1.90. The molecule has 0 heterocycles. The van der Waals surface area contributed by atoms with Crippen molar-refractivity contribution in [2.75, 3.05) is 6.26 Å². The molecule has 0 amide bonds. The van der Waals surface area contributed by atoms with Gasteiger partial charge in [0, 0.05) is 5.25 Å². The molecule has 19 heavy (non-hydrogen) atoms. The van der Waals surface area contributed by atoms with Gasteiger partial charge in [0.25, 0.3) is 0 Å². The lowest BCUT2D eigenvalue weighted by Gasteiger charge is -2.28. The van der Waals surface area contributed by atoms with Crippen molar-refractivity contribution in [3.8, 4) is 0 Å². The Labute approximate surface area is 119 Å². The van der Waals surface area contributed by atoms with E-state index in [1.54, 1.807) is 5.56 Å². The molecule has 2 fully saturated rings. The van der Waals surface area contributed by atoms with Crippen molar-refractivity contribution in [2.45, 2.75) is 30.4 Å². The van der Waals surface area contributed by atoms with Gasteiger partial charge in [-0.25, -0.2) is 0 Å². The zero-order valence-electron chi connectivity index (χ0n) is 11.4. The van der Waals surface area contributed by atoms with E-state index in [0.717, 1.165) is 23.0 Å². The van der Waals surface area contributed by atoms with E-state index >= 15 is 0 Å². The van der Waals surface area contributed by atoms with E-state index in [9.17, 15) is 0 Å². The van der Waals surface area contributed by atoms with Gasteiger partial charge in [-0.15, -0.1) is 0 Å². The average molecular weight is 268 g/mol. The largest absolute Gasteiger partial charge is 0.162 e. The lowest BCUT2D eigenvalue weighted by Crippen LogP contribution is -2.20. The summed E-state index contributed by atoms with van der Waals surface area (Å²) in [5.41, 5.74) is 1.59. The molecule has 1 heteroatoms. The predicted octanol–water partition coefficient (Wildman–Crippen LogP) is 5.08. The van der Waals surface area contributed by atoms with Gasteiger partial charge < -0.3 is 0 Å². The summed E-state index contributed by atoms with van der Waals surface area (Å²) in [5.74, 6) is 2.75. The standard InChI is InChI=1S/C18H20S/c1-19-18-10-12-8-16(17(18)9-12)15-7-6-13-4-2-3-5-14(13)11-15/h2-7,11-12,16-18H,8-10H2,1H3/t12-,16-,17-,18+/m1/s1. The molecule has 2 aromatic rings. The van der Waals surface area contributed by atoms with Crippen LogP contribution in [0, 0.1) is 11.8 Å². The van der Waals surface area contributed by atoms with Crippen LogP contribution in [0.1, 0.15) is 30.7 Å². The molecule has 0 N–H and O–H groups in total. The maximum Gasteiger partial charge on any atom is 0.00811 e. The maximum absolute atomic E-state index is 2.44. The number of hydrogen-bond acceptors (Lipinski definition) is 1. The molecule has 4 atom stereocenters. The molecule has 0 aliphatic heterocycles. The van der Waals surface area contributed by atoms with E-state index in [0.29, 0.717) is 0 Å². The first kappa shape index (κ1) is 11.8. The fourth-order valence-corrected chi connectivity index (χ4v) is 5.49. The van der Waals surface area contributed by atoms with Crippen LogP contribution in [0.15, 0.2) is 42.5 Å². The summed E-state index contributed by atoms with van der Waals surface area (Å²) in [5, 5.41) is 3.69. The normalized spacial score (nSPS) is 33.1. The van der Waals surface area contributed by atoms with Crippen LogP contribution in [-0.2, 0) is 0 Å². The van der Waals surface area contributed by atoms with E-state index in [2.05, 4.69) is 60.5 Å². The molecule has 98 valence electrons. The van der Waals surface area contributed by atoms with Crippen molar-refractivity contribution >= 4 is 22.5 Å². The Morgan fingerprint density at radius 1 is 0.947 bits per heavy atom. The van der Waals surface area contributed by atoms with Crippen LogP contribution >= 0.6 is 11.8 Å². The zero-order valence-corrected chi connectivity index (χ0v) is 12.2. The monoisotopic (exact) mass is 268 g/mol. The Hall–Kier alpha value is -0.950. The van der Waals surface area contributed by atoms with Crippen molar-refractivity contribution in [3.63, 3.8) is 0 Å². The second-order valence-corrected chi connectivity index (χ2v) is 7.30. The SMILES string of the molecule is CS[C@H]1C[C@H]2C[C@@H]1[C@@H](c1ccc3ccccc3c1)C2. The Morgan fingerprint density at radius 3 is 2.58 bits per heavy atom. The highest BCUT2D eigenvalue weighted by Gasteiger charge is 2.46. The molecule has 2 aliphatic rings. The number of benzene rings is 2. The van der Waals surface area contributed by atoms with E-state index in [-0.39, 0.29) is 0 Å². The minimum Gasteiger partial charge on any atom is -0.162 e. The van der Waals surface area contributed by atoms with Gasteiger partial charge in [0.2, 0.25) is 0 Å². The first-order chi connectivity index (χ1) is 9.35. The Bertz CT molecular complexity index is 603. The van der Waals surface area contributed by atoms with Gasteiger partial charge in [-0.2, -0.15) is 11.8 Å². The van der Waals surface area contributed by atoms with Crippen molar-refractivity contribution in [1.82, 2.24) is 0 Å². The van der Waals surface area contributed by atoms with Crippen molar-refractivity contribution in [3.05, 3.63) is 48.0 Å². The predicted molar refractivity (Wildman–Crippen MR) is 84.8 cm³/mol. The van der Waals surface area contributed by atoms with Crippen LogP contribution in [0.3, 0.4) is 0 Å². The topological polar surface area (TPSA) is 0 Å². The molecule has 4 rings (SSSR count). The molecule has 0 saturated heterocycles. The molecule has 0 spiro atoms. The van der Waals surface area contributed by atoms with Crippen LogP contribution in [0.5, 0.6) is 0 Å². The summed E-state index contributed by atoms with van der Waals surface area (Å²) in [6.45, 7) is 0. The first-order valence-corrected chi connectivity index (χ1v) is 8.65. The number of rotatable bonds is 2. The van der Waals surface area contributed by atoms with Crippen LogP contribution < -0.4 is 0 Å². The van der Waals surface area contributed by atoms with E-state index in [1.807, 2.05) is 0 Å². The van der Waals surface area contributed by atoms with Gasteiger partial charge in [-0.05, 0) is 59.6 Å². The fraction of sp³-hybridized carbons (Fsp3) is 0.444. The Morgan fingerprint density at radius 2 is 1.79 bits per heavy atom. The maximum atomic E-state index is 2.44. The zero-order chi connectivity index (χ0) is 12.8. The van der Waals surface area contributed by atoms with Gasteiger partial charge >= 0.3 is 0 Å². The van der Waals surface area contributed by atoms with Gasteiger partial charge in [0.15, 0.2) is 0 Å². The minimum absolute atomic E-state index is 0.820. The molecule has 2 saturated carbocycles. The third-order valence-corrected chi connectivity index (χ3v) is 6.40. The Kier molecular flexibility index (Phi) is 2.84. The molecule has 0 nitrogen and oxygen atoms in total. The van der Waals surface area contributed by atoms with E-state index in [4.69, 9.17) is 0 Å². The summed E-state index contributed by atoms with van der Waals surface area (Å²) >= 11 is 2.10. The molecular weight excluding hydrogens is 248 g/mol. The fourth-order valence-electron chi connectivity index (χ4n) is 4.38. The Balaban J connectivity index is 1.71. The number of thioether (sulfide) groups is 1. The number of hydrogen-bond donors (Lipinski definition) is 0. The third-order valence-electron chi connectivity index (χ3n) is 5.26. The van der Waals surface area contributed by atoms with Gasteiger partial charge in [-0.1, -0.05) is 42.5 Å². The van der Waals surface area contributed by atoms with E-state index in [1.165, 1.54) is 30.0 Å².